The molecule has 0 amide bonds. The summed E-state index contributed by atoms with van der Waals surface area (Å²) in [6.45, 7) is 1.86. The zero-order valence-corrected chi connectivity index (χ0v) is 14.6. The molecule has 0 spiro atoms. The number of nitrogens with zero attached hydrogens (tertiary/aromatic N) is 4. The van der Waals surface area contributed by atoms with Crippen LogP contribution in [0.2, 0.25) is 5.02 Å². The molecule has 0 saturated carbocycles. The molecule has 0 aliphatic carbocycles. The Kier molecular flexibility index (Phi) is 4.60. The van der Waals surface area contributed by atoms with Gasteiger partial charge in [-0.2, -0.15) is 4.98 Å². The summed E-state index contributed by atoms with van der Waals surface area (Å²) in [5.74, 6) is 1.27. The third-order valence-electron chi connectivity index (χ3n) is 4.25. The van der Waals surface area contributed by atoms with Gasteiger partial charge in [-0.3, -0.25) is 4.90 Å². The van der Waals surface area contributed by atoms with Crippen LogP contribution in [-0.4, -0.2) is 26.6 Å². The van der Waals surface area contributed by atoms with Gasteiger partial charge in [0.2, 0.25) is 11.7 Å². The standard InChI is InChI=1S/C17H17ClN4OS/c18-13-5-3-4-12(10-13)16-20-17(23-21-16)14-6-1-2-8-22(14)11-15-19-7-9-24-15/h3-5,7,9-10,14H,1-2,6,8,11H2. The van der Waals surface area contributed by atoms with Gasteiger partial charge in [-0.15, -0.1) is 11.3 Å². The summed E-state index contributed by atoms with van der Waals surface area (Å²) in [4.78, 5) is 11.4. The second-order valence-electron chi connectivity index (χ2n) is 5.87. The number of rotatable bonds is 4. The zero-order chi connectivity index (χ0) is 16.4. The van der Waals surface area contributed by atoms with Crippen molar-refractivity contribution in [2.45, 2.75) is 31.8 Å². The number of thiazole rings is 1. The minimum atomic E-state index is 0.156. The molecule has 1 aliphatic heterocycles. The summed E-state index contributed by atoms with van der Waals surface area (Å²) in [7, 11) is 0. The molecule has 7 heteroatoms. The zero-order valence-electron chi connectivity index (χ0n) is 13.1. The summed E-state index contributed by atoms with van der Waals surface area (Å²) in [5.41, 5.74) is 0.875. The van der Waals surface area contributed by atoms with E-state index < -0.39 is 0 Å². The van der Waals surface area contributed by atoms with E-state index in [4.69, 9.17) is 16.1 Å². The number of piperidine rings is 1. The molecule has 3 aromatic rings. The Morgan fingerprint density at radius 1 is 1.33 bits per heavy atom. The summed E-state index contributed by atoms with van der Waals surface area (Å²) in [5, 5.41) is 7.95. The number of aromatic nitrogens is 3. The average Bonchev–Trinajstić information content (AvgIpc) is 3.27. The molecule has 1 saturated heterocycles. The number of hydrogen-bond acceptors (Lipinski definition) is 6. The Labute approximate surface area is 149 Å². The molecule has 1 atom stereocenters. The van der Waals surface area contributed by atoms with E-state index >= 15 is 0 Å². The van der Waals surface area contributed by atoms with E-state index in [0.29, 0.717) is 16.7 Å². The van der Waals surface area contributed by atoms with Crippen molar-refractivity contribution in [2.24, 2.45) is 0 Å². The van der Waals surface area contributed by atoms with Crippen LogP contribution in [-0.2, 0) is 6.54 Å². The first-order valence-electron chi connectivity index (χ1n) is 8.01. The van der Waals surface area contributed by atoms with Gasteiger partial charge < -0.3 is 4.52 Å². The normalized spacial score (nSPS) is 18.8. The van der Waals surface area contributed by atoms with Crippen LogP contribution in [0.5, 0.6) is 0 Å². The van der Waals surface area contributed by atoms with Gasteiger partial charge in [-0.25, -0.2) is 4.98 Å². The highest BCUT2D eigenvalue weighted by Gasteiger charge is 2.29. The second-order valence-corrected chi connectivity index (χ2v) is 7.29. The number of hydrogen-bond donors (Lipinski definition) is 0. The van der Waals surface area contributed by atoms with E-state index in [1.54, 1.807) is 11.3 Å². The molecule has 3 heterocycles. The van der Waals surface area contributed by atoms with Crippen LogP contribution in [0.1, 0.15) is 36.2 Å². The minimum absolute atomic E-state index is 0.156. The molecule has 0 radical (unpaired) electrons. The van der Waals surface area contributed by atoms with E-state index in [1.165, 1.54) is 12.8 Å². The van der Waals surface area contributed by atoms with E-state index in [2.05, 4.69) is 20.0 Å². The molecular formula is C17H17ClN4OS. The first-order chi connectivity index (χ1) is 11.8. The van der Waals surface area contributed by atoms with Crippen LogP contribution in [0.3, 0.4) is 0 Å². The van der Waals surface area contributed by atoms with Crippen molar-refractivity contribution < 1.29 is 4.52 Å². The first-order valence-corrected chi connectivity index (χ1v) is 9.27. The van der Waals surface area contributed by atoms with Gasteiger partial charge in [-0.05, 0) is 31.5 Å². The summed E-state index contributed by atoms with van der Waals surface area (Å²) in [6.07, 6.45) is 5.25. The SMILES string of the molecule is Clc1cccc(-c2noc(C3CCCCN3Cc3nccs3)n2)c1. The third kappa shape index (κ3) is 3.36. The summed E-state index contributed by atoms with van der Waals surface area (Å²) >= 11 is 7.74. The molecule has 2 aromatic heterocycles. The van der Waals surface area contributed by atoms with Crippen LogP contribution in [0, 0.1) is 0 Å². The van der Waals surface area contributed by atoms with Crippen molar-refractivity contribution in [2.75, 3.05) is 6.54 Å². The van der Waals surface area contributed by atoms with Crippen molar-refractivity contribution in [1.82, 2.24) is 20.0 Å². The lowest BCUT2D eigenvalue weighted by Crippen LogP contribution is -2.33. The monoisotopic (exact) mass is 360 g/mol. The smallest absolute Gasteiger partial charge is 0.244 e. The maximum atomic E-state index is 6.05. The van der Waals surface area contributed by atoms with Gasteiger partial charge in [0.15, 0.2) is 0 Å². The van der Waals surface area contributed by atoms with Crippen molar-refractivity contribution in [3.63, 3.8) is 0 Å². The summed E-state index contributed by atoms with van der Waals surface area (Å²) in [6, 6.07) is 7.67. The molecule has 1 fully saturated rings. The Morgan fingerprint density at radius 3 is 3.12 bits per heavy atom. The van der Waals surface area contributed by atoms with Crippen molar-refractivity contribution in [3.8, 4) is 11.4 Å². The molecule has 1 aromatic carbocycles. The van der Waals surface area contributed by atoms with Gasteiger partial charge in [0, 0.05) is 22.2 Å². The van der Waals surface area contributed by atoms with Crippen LogP contribution < -0.4 is 0 Å². The van der Waals surface area contributed by atoms with E-state index in [1.807, 2.05) is 35.8 Å². The van der Waals surface area contributed by atoms with Crippen molar-refractivity contribution >= 4 is 22.9 Å². The fraction of sp³-hybridized carbons (Fsp3) is 0.353. The average molecular weight is 361 g/mol. The molecule has 24 heavy (non-hydrogen) atoms. The molecule has 0 bridgehead atoms. The molecule has 124 valence electrons. The van der Waals surface area contributed by atoms with E-state index in [9.17, 15) is 0 Å². The Morgan fingerprint density at radius 2 is 2.29 bits per heavy atom. The van der Waals surface area contributed by atoms with Crippen LogP contribution in [0.4, 0.5) is 0 Å². The van der Waals surface area contributed by atoms with Gasteiger partial charge in [0.1, 0.15) is 5.01 Å². The highest BCUT2D eigenvalue weighted by atomic mass is 35.5. The lowest BCUT2D eigenvalue weighted by atomic mass is 10.0. The van der Waals surface area contributed by atoms with E-state index in [0.717, 1.165) is 30.1 Å². The Hall–Kier alpha value is -1.76. The van der Waals surface area contributed by atoms with Gasteiger partial charge in [0.05, 0.1) is 12.6 Å². The number of halogens is 1. The van der Waals surface area contributed by atoms with Crippen LogP contribution in [0.25, 0.3) is 11.4 Å². The van der Waals surface area contributed by atoms with Crippen molar-refractivity contribution in [3.05, 3.63) is 51.8 Å². The Bertz CT molecular complexity index is 805. The van der Waals surface area contributed by atoms with Crippen LogP contribution >= 0.6 is 22.9 Å². The number of likely N-dealkylation sites (tertiary alicyclic amines) is 1. The maximum absolute atomic E-state index is 6.05. The fourth-order valence-electron chi connectivity index (χ4n) is 3.08. The largest absolute Gasteiger partial charge is 0.337 e. The molecule has 1 unspecified atom stereocenters. The lowest BCUT2D eigenvalue weighted by molar-refractivity contribution is 0.111. The second kappa shape index (κ2) is 7.01. The minimum Gasteiger partial charge on any atom is -0.337 e. The predicted octanol–water partition coefficient (Wildman–Crippen LogP) is 4.57. The topological polar surface area (TPSA) is 55.1 Å². The Balaban J connectivity index is 1.57. The van der Waals surface area contributed by atoms with Gasteiger partial charge in [-0.1, -0.05) is 35.3 Å². The first kappa shape index (κ1) is 15.7. The lowest BCUT2D eigenvalue weighted by Gasteiger charge is -2.32. The highest BCUT2D eigenvalue weighted by Crippen LogP contribution is 2.32. The highest BCUT2D eigenvalue weighted by molar-refractivity contribution is 7.09. The van der Waals surface area contributed by atoms with Gasteiger partial charge >= 0.3 is 0 Å². The quantitative estimate of drug-likeness (QED) is 0.682. The van der Waals surface area contributed by atoms with Crippen molar-refractivity contribution in [1.29, 1.82) is 0 Å². The van der Waals surface area contributed by atoms with Crippen LogP contribution in [0.15, 0.2) is 40.4 Å². The number of benzene rings is 1. The summed E-state index contributed by atoms with van der Waals surface area (Å²) < 4.78 is 5.58. The maximum Gasteiger partial charge on any atom is 0.244 e. The molecule has 4 rings (SSSR count). The molecule has 0 N–H and O–H groups in total. The molecule has 5 nitrogen and oxygen atoms in total. The third-order valence-corrected chi connectivity index (χ3v) is 5.24. The molecule has 1 aliphatic rings. The predicted molar refractivity (Wildman–Crippen MR) is 93.9 cm³/mol. The fourth-order valence-corrected chi connectivity index (χ4v) is 3.91. The van der Waals surface area contributed by atoms with E-state index in [-0.39, 0.29) is 6.04 Å². The van der Waals surface area contributed by atoms with Gasteiger partial charge in [0.25, 0.3) is 0 Å². The molecular weight excluding hydrogens is 344 g/mol.